The van der Waals surface area contributed by atoms with Gasteiger partial charge < -0.3 is 10.2 Å². The second kappa shape index (κ2) is 7.87. The summed E-state index contributed by atoms with van der Waals surface area (Å²) in [5, 5.41) is 19.4. The summed E-state index contributed by atoms with van der Waals surface area (Å²) in [6.45, 7) is 0. The fraction of sp³-hybridized carbons (Fsp3) is 0.0526. The largest absolute Gasteiger partial charge is 0.503 e. The summed E-state index contributed by atoms with van der Waals surface area (Å²) in [6.07, 6.45) is 0. The van der Waals surface area contributed by atoms with Gasteiger partial charge >= 0.3 is 0 Å². The van der Waals surface area contributed by atoms with Gasteiger partial charge in [-0.1, -0.05) is 76.7 Å². The molecule has 1 atom stereocenters. The maximum Gasteiger partial charge on any atom is 0.283 e. The van der Waals surface area contributed by atoms with Gasteiger partial charge in [0.2, 0.25) is 0 Å². The summed E-state index contributed by atoms with van der Waals surface area (Å²) in [6, 6.07) is 12.7. The first kappa shape index (κ1) is 22.0. The van der Waals surface area contributed by atoms with E-state index in [1.165, 1.54) is 30.3 Å². The normalized spacial score (nSPS) is 13.8. The van der Waals surface area contributed by atoms with Crippen molar-refractivity contribution in [3.8, 4) is 11.5 Å². The second-order valence-corrected chi connectivity index (χ2v) is 9.32. The highest BCUT2D eigenvalue weighted by Crippen LogP contribution is 2.52. The molecule has 0 saturated heterocycles. The van der Waals surface area contributed by atoms with E-state index in [-0.39, 0.29) is 31.8 Å². The Labute approximate surface area is 186 Å². The van der Waals surface area contributed by atoms with Crippen molar-refractivity contribution >= 4 is 56.5 Å². The molecule has 0 aromatic heterocycles. The molecule has 0 radical (unpaired) electrons. The van der Waals surface area contributed by atoms with Crippen molar-refractivity contribution in [2.24, 2.45) is 0 Å². The topological polar surface area (TPSA) is 94.8 Å². The van der Waals surface area contributed by atoms with Gasteiger partial charge in [-0.2, -0.15) is 8.42 Å². The third-order valence-corrected chi connectivity index (χ3v) is 6.95. The smallest absolute Gasteiger partial charge is 0.283 e. The average molecular weight is 494 g/mol. The molecule has 0 saturated carbocycles. The van der Waals surface area contributed by atoms with Crippen molar-refractivity contribution < 1.29 is 23.2 Å². The molecule has 0 heterocycles. The van der Waals surface area contributed by atoms with E-state index in [2.05, 4.69) is 0 Å². The van der Waals surface area contributed by atoms with Gasteiger partial charge in [-0.15, -0.1) is 0 Å². The molecule has 3 rings (SSSR count). The molecule has 0 aliphatic rings. The Morgan fingerprint density at radius 3 is 1.83 bits per heavy atom. The lowest BCUT2D eigenvalue weighted by Gasteiger charge is -2.33. The molecular formula is C19H12Cl4O5S. The van der Waals surface area contributed by atoms with Crippen LogP contribution in [0.5, 0.6) is 11.5 Å². The van der Waals surface area contributed by atoms with Gasteiger partial charge in [-0.25, -0.2) is 0 Å². The number of hydrogen-bond donors (Lipinski definition) is 3. The average Bonchev–Trinajstić information content (AvgIpc) is 2.63. The molecule has 0 fully saturated rings. The molecule has 5 nitrogen and oxygen atoms in total. The zero-order valence-electron chi connectivity index (χ0n) is 14.3. The van der Waals surface area contributed by atoms with Crippen LogP contribution in [0.1, 0.15) is 16.7 Å². The number of rotatable bonds is 4. The van der Waals surface area contributed by atoms with Crippen molar-refractivity contribution in [2.45, 2.75) is 4.75 Å². The van der Waals surface area contributed by atoms with E-state index < -0.39 is 31.4 Å². The van der Waals surface area contributed by atoms with E-state index in [0.717, 1.165) is 6.07 Å². The predicted octanol–water partition coefficient (Wildman–Crippen LogP) is 5.89. The lowest BCUT2D eigenvalue weighted by atomic mass is 9.83. The summed E-state index contributed by atoms with van der Waals surface area (Å²) in [4.78, 5) is 0. The Morgan fingerprint density at radius 2 is 1.31 bits per heavy atom. The molecule has 3 aromatic carbocycles. The Hall–Kier alpha value is -1.67. The van der Waals surface area contributed by atoms with Gasteiger partial charge in [-0.05, 0) is 35.4 Å². The van der Waals surface area contributed by atoms with E-state index in [0.29, 0.717) is 0 Å². The molecule has 0 spiro atoms. The minimum atomic E-state index is -5.04. The minimum Gasteiger partial charge on any atom is -0.503 e. The summed E-state index contributed by atoms with van der Waals surface area (Å²) in [7, 11) is -5.04. The molecule has 0 aliphatic carbocycles. The van der Waals surface area contributed by atoms with Crippen LogP contribution in [0, 0.1) is 0 Å². The van der Waals surface area contributed by atoms with Gasteiger partial charge in [0.05, 0.1) is 10.0 Å². The lowest BCUT2D eigenvalue weighted by Crippen LogP contribution is -2.38. The van der Waals surface area contributed by atoms with Gasteiger partial charge in [0.1, 0.15) is 0 Å². The first-order valence-electron chi connectivity index (χ1n) is 7.89. The summed E-state index contributed by atoms with van der Waals surface area (Å²) < 4.78 is 34.0. The Morgan fingerprint density at radius 1 is 0.759 bits per heavy atom. The van der Waals surface area contributed by atoms with Crippen LogP contribution in [0.25, 0.3) is 0 Å². The number of aromatic hydroxyl groups is 2. The van der Waals surface area contributed by atoms with Crippen molar-refractivity contribution in [3.63, 3.8) is 0 Å². The van der Waals surface area contributed by atoms with E-state index in [4.69, 9.17) is 46.4 Å². The van der Waals surface area contributed by atoms with Crippen LogP contribution in [-0.4, -0.2) is 23.2 Å². The SMILES string of the molecule is O=S(=O)(O)C(c1ccccc1)(c1cc(Cl)cc(Cl)c1)c1cc(Cl)c(O)c(O)c1Cl. The highest BCUT2D eigenvalue weighted by molar-refractivity contribution is 7.87. The van der Waals surface area contributed by atoms with Gasteiger partial charge in [0.15, 0.2) is 16.2 Å². The fourth-order valence-electron chi connectivity index (χ4n) is 3.20. The Balaban J connectivity index is 2.62. The standard InChI is InChI=1S/C19H12Cl4O5S/c20-12-6-11(7-13(21)8-12)19(29(26,27)28,10-4-2-1-3-5-10)14-9-15(22)17(24)18(25)16(14)23/h1-9,24-25H,(H,26,27,28). The van der Waals surface area contributed by atoms with Crippen molar-refractivity contribution in [3.05, 3.63) is 91.4 Å². The summed E-state index contributed by atoms with van der Waals surface area (Å²) in [5.74, 6) is -1.58. The lowest BCUT2D eigenvalue weighted by molar-refractivity contribution is 0.402. The van der Waals surface area contributed by atoms with Crippen LogP contribution in [-0.2, 0) is 14.9 Å². The fourth-order valence-corrected chi connectivity index (χ4v) is 5.56. The summed E-state index contributed by atoms with van der Waals surface area (Å²) >= 11 is 24.4. The second-order valence-electron chi connectivity index (χ2n) is 6.10. The Kier molecular flexibility index (Phi) is 5.98. The van der Waals surface area contributed by atoms with Gasteiger partial charge in [0, 0.05) is 15.6 Å². The molecule has 1 unspecified atom stereocenters. The number of benzene rings is 3. The van der Waals surface area contributed by atoms with Gasteiger partial charge in [-0.3, -0.25) is 4.55 Å². The monoisotopic (exact) mass is 492 g/mol. The van der Waals surface area contributed by atoms with Gasteiger partial charge in [0.25, 0.3) is 10.1 Å². The third-order valence-electron chi connectivity index (χ3n) is 4.38. The van der Waals surface area contributed by atoms with Crippen LogP contribution < -0.4 is 0 Å². The van der Waals surface area contributed by atoms with Crippen molar-refractivity contribution in [1.29, 1.82) is 0 Å². The first-order valence-corrected chi connectivity index (χ1v) is 10.8. The van der Waals surface area contributed by atoms with Crippen LogP contribution in [0.3, 0.4) is 0 Å². The van der Waals surface area contributed by atoms with Crippen LogP contribution in [0.2, 0.25) is 20.1 Å². The molecule has 152 valence electrons. The quantitative estimate of drug-likeness (QED) is 0.239. The molecule has 3 N–H and O–H groups in total. The molecule has 10 heteroatoms. The van der Waals surface area contributed by atoms with Crippen molar-refractivity contribution in [1.82, 2.24) is 0 Å². The van der Waals surface area contributed by atoms with Crippen molar-refractivity contribution in [2.75, 3.05) is 0 Å². The molecule has 0 aliphatic heterocycles. The number of halogens is 4. The maximum absolute atomic E-state index is 13.0. The number of phenols is 2. The maximum atomic E-state index is 13.0. The zero-order valence-corrected chi connectivity index (χ0v) is 18.1. The zero-order chi connectivity index (χ0) is 21.6. The van der Waals surface area contributed by atoms with Crippen LogP contribution in [0.4, 0.5) is 0 Å². The molecule has 0 bridgehead atoms. The first-order chi connectivity index (χ1) is 13.5. The number of phenolic OH excluding ortho intramolecular Hbond substituents is 2. The van der Waals surface area contributed by atoms with Crippen LogP contribution in [0.15, 0.2) is 54.6 Å². The highest BCUT2D eigenvalue weighted by Gasteiger charge is 2.50. The summed E-state index contributed by atoms with van der Waals surface area (Å²) in [5.41, 5.74) is -0.276. The minimum absolute atomic E-state index is 0.0493. The number of hydrogen-bond acceptors (Lipinski definition) is 4. The third kappa shape index (κ3) is 3.65. The molecular weight excluding hydrogens is 482 g/mol. The van der Waals surface area contributed by atoms with E-state index in [1.807, 2.05) is 0 Å². The molecule has 29 heavy (non-hydrogen) atoms. The van der Waals surface area contributed by atoms with E-state index >= 15 is 0 Å². The predicted molar refractivity (Wildman–Crippen MR) is 114 cm³/mol. The molecule has 0 amide bonds. The van der Waals surface area contributed by atoms with Crippen LogP contribution >= 0.6 is 46.4 Å². The molecule has 3 aromatic rings. The van der Waals surface area contributed by atoms with E-state index in [1.54, 1.807) is 18.2 Å². The van der Waals surface area contributed by atoms with E-state index in [9.17, 15) is 23.2 Å². The Bertz CT molecular complexity index is 1180. The highest BCUT2D eigenvalue weighted by atomic mass is 35.5.